The fraction of sp³-hybridized carbons (Fsp3) is 0.688. The minimum Gasteiger partial charge on any atom is -0.466 e. The third-order valence-corrected chi connectivity index (χ3v) is 4.49. The van der Waals surface area contributed by atoms with E-state index in [0.29, 0.717) is 25.3 Å². The summed E-state index contributed by atoms with van der Waals surface area (Å²) in [5, 5.41) is 9.60. The molecule has 0 bridgehead atoms. The Balaban J connectivity index is 1.48. The second kappa shape index (κ2) is 5.60. The van der Waals surface area contributed by atoms with Gasteiger partial charge in [-0.3, -0.25) is 4.79 Å². The molecular weight excluding hydrogens is 254 g/mol. The Labute approximate surface area is 119 Å². The van der Waals surface area contributed by atoms with Crippen LogP contribution >= 0.6 is 0 Å². The van der Waals surface area contributed by atoms with Gasteiger partial charge in [0, 0.05) is 31.8 Å². The molecule has 1 saturated carbocycles. The van der Waals surface area contributed by atoms with Gasteiger partial charge in [-0.05, 0) is 37.3 Å². The summed E-state index contributed by atoms with van der Waals surface area (Å²) in [6, 6.07) is 4.05. The van der Waals surface area contributed by atoms with Crippen molar-refractivity contribution in [3.8, 4) is 0 Å². The van der Waals surface area contributed by atoms with Gasteiger partial charge in [0.2, 0.25) is 5.91 Å². The largest absolute Gasteiger partial charge is 0.466 e. The van der Waals surface area contributed by atoms with Crippen molar-refractivity contribution in [3.05, 3.63) is 23.7 Å². The van der Waals surface area contributed by atoms with Crippen molar-refractivity contribution < 1.29 is 14.3 Å². The number of carbonyl (C=O) groups is 1. The summed E-state index contributed by atoms with van der Waals surface area (Å²) in [6.45, 7) is 3.50. The van der Waals surface area contributed by atoms with Crippen molar-refractivity contribution >= 4 is 5.91 Å². The topological polar surface area (TPSA) is 53.7 Å². The second-order valence-electron chi connectivity index (χ2n) is 6.26. The zero-order valence-corrected chi connectivity index (χ0v) is 12.0. The van der Waals surface area contributed by atoms with Crippen molar-refractivity contribution in [3.63, 3.8) is 0 Å². The molecular formula is C16H23NO3. The van der Waals surface area contributed by atoms with Gasteiger partial charge < -0.3 is 14.4 Å². The monoisotopic (exact) mass is 277 g/mol. The fourth-order valence-corrected chi connectivity index (χ4v) is 3.02. The standard InChI is InChI=1S/C16H23NO3/c1-11-9-14(11)15-6-4-13(20-15)5-7-16(19)17-8-2-3-12(18)10-17/h4,6,11-12,14,18H,2-3,5,7-10H2,1H3/t11?,12-,14?/m0/s1. The Kier molecular flexibility index (Phi) is 3.83. The van der Waals surface area contributed by atoms with Crippen molar-refractivity contribution in [2.24, 2.45) is 5.92 Å². The number of rotatable bonds is 4. The predicted octanol–water partition coefficient (Wildman–Crippen LogP) is 2.32. The molecule has 3 atom stereocenters. The van der Waals surface area contributed by atoms with Crippen LogP contribution in [0.1, 0.15) is 50.0 Å². The van der Waals surface area contributed by atoms with Gasteiger partial charge in [-0.1, -0.05) is 6.92 Å². The molecule has 2 aliphatic rings. The molecule has 110 valence electrons. The molecule has 1 N–H and O–H groups in total. The van der Waals surface area contributed by atoms with Crippen molar-refractivity contribution in [1.29, 1.82) is 0 Å². The molecule has 1 aliphatic heterocycles. The maximum Gasteiger partial charge on any atom is 0.223 e. The SMILES string of the molecule is CC1CC1c1ccc(CCC(=O)N2CCC[C@H](O)C2)o1. The van der Waals surface area contributed by atoms with E-state index in [9.17, 15) is 9.90 Å². The molecule has 1 aliphatic carbocycles. The molecule has 0 radical (unpaired) electrons. The summed E-state index contributed by atoms with van der Waals surface area (Å²) in [4.78, 5) is 13.9. The summed E-state index contributed by atoms with van der Waals surface area (Å²) in [6.07, 6.45) is 3.71. The third kappa shape index (κ3) is 3.06. The molecule has 1 amide bonds. The highest BCUT2D eigenvalue weighted by Crippen LogP contribution is 2.47. The van der Waals surface area contributed by atoms with Crippen LogP contribution in [0.5, 0.6) is 0 Å². The summed E-state index contributed by atoms with van der Waals surface area (Å²) < 4.78 is 5.82. The van der Waals surface area contributed by atoms with E-state index in [1.807, 2.05) is 6.07 Å². The highest BCUT2D eigenvalue weighted by molar-refractivity contribution is 5.76. The van der Waals surface area contributed by atoms with Gasteiger partial charge >= 0.3 is 0 Å². The van der Waals surface area contributed by atoms with Gasteiger partial charge in [0.15, 0.2) is 0 Å². The maximum absolute atomic E-state index is 12.1. The molecule has 2 unspecified atom stereocenters. The number of aryl methyl sites for hydroxylation is 1. The van der Waals surface area contributed by atoms with E-state index < -0.39 is 0 Å². The number of aliphatic hydroxyl groups excluding tert-OH is 1. The first-order valence-corrected chi connectivity index (χ1v) is 7.68. The number of aliphatic hydroxyl groups is 1. The van der Waals surface area contributed by atoms with Gasteiger partial charge in [-0.25, -0.2) is 0 Å². The molecule has 1 aromatic heterocycles. The van der Waals surface area contributed by atoms with Crippen LogP contribution in [-0.4, -0.2) is 35.1 Å². The van der Waals surface area contributed by atoms with E-state index in [-0.39, 0.29) is 12.0 Å². The zero-order chi connectivity index (χ0) is 14.1. The fourth-order valence-electron chi connectivity index (χ4n) is 3.02. The minimum atomic E-state index is -0.348. The first-order valence-electron chi connectivity index (χ1n) is 7.68. The number of hydrogen-bond acceptors (Lipinski definition) is 3. The summed E-state index contributed by atoms with van der Waals surface area (Å²) in [7, 11) is 0. The summed E-state index contributed by atoms with van der Waals surface area (Å²) >= 11 is 0. The van der Waals surface area contributed by atoms with Crippen molar-refractivity contribution in [1.82, 2.24) is 4.90 Å². The van der Waals surface area contributed by atoms with Gasteiger partial charge in [0.05, 0.1) is 6.10 Å². The summed E-state index contributed by atoms with van der Waals surface area (Å²) in [5.41, 5.74) is 0. The first kappa shape index (κ1) is 13.7. The second-order valence-corrected chi connectivity index (χ2v) is 6.26. The smallest absolute Gasteiger partial charge is 0.223 e. The highest BCUT2D eigenvalue weighted by Gasteiger charge is 2.36. The van der Waals surface area contributed by atoms with Crippen LogP contribution in [0.2, 0.25) is 0 Å². The van der Waals surface area contributed by atoms with Crippen LogP contribution in [0.15, 0.2) is 16.5 Å². The number of carbonyl (C=O) groups excluding carboxylic acids is 1. The Morgan fingerprint density at radius 3 is 3.00 bits per heavy atom. The Bertz CT molecular complexity index is 482. The number of piperidine rings is 1. The number of β-amino-alcohol motifs (C(OH)–C–C–N with tert-alkyl or cyclic N) is 1. The quantitative estimate of drug-likeness (QED) is 0.919. The number of hydrogen-bond donors (Lipinski definition) is 1. The van der Waals surface area contributed by atoms with E-state index in [4.69, 9.17) is 4.42 Å². The van der Waals surface area contributed by atoms with Gasteiger partial charge in [0.25, 0.3) is 0 Å². The molecule has 1 aromatic rings. The van der Waals surface area contributed by atoms with E-state index in [0.717, 1.165) is 36.8 Å². The molecule has 1 saturated heterocycles. The van der Waals surface area contributed by atoms with Crippen molar-refractivity contribution in [2.45, 2.75) is 51.0 Å². The average molecular weight is 277 g/mol. The lowest BCUT2D eigenvalue weighted by molar-refractivity contribution is -0.134. The van der Waals surface area contributed by atoms with E-state index in [1.54, 1.807) is 4.90 Å². The molecule has 2 fully saturated rings. The number of likely N-dealkylation sites (tertiary alicyclic amines) is 1. The third-order valence-electron chi connectivity index (χ3n) is 4.49. The molecule has 0 spiro atoms. The van der Waals surface area contributed by atoms with Gasteiger partial charge in [0.1, 0.15) is 11.5 Å². The molecule has 2 heterocycles. The van der Waals surface area contributed by atoms with Crippen LogP contribution < -0.4 is 0 Å². The summed E-state index contributed by atoms with van der Waals surface area (Å²) in [5.74, 6) is 3.45. The number of nitrogens with zero attached hydrogens (tertiary/aromatic N) is 1. The lowest BCUT2D eigenvalue weighted by atomic mass is 10.1. The molecule has 4 heteroatoms. The van der Waals surface area contributed by atoms with Gasteiger partial charge in [-0.15, -0.1) is 0 Å². The van der Waals surface area contributed by atoms with Crippen LogP contribution in [0, 0.1) is 5.92 Å². The van der Waals surface area contributed by atoms with Crippen LogP contribution in [-0.2, 0) is 11.2 Å². The Hall–Kier alpha value is -1.29. The number of amides is 1. The van der Waals surface area contributed by atoms with E-state index in [1.165, 1.54) is 6.42 Å². The first-order chi connectivity index (χ1) is 9.63. The van der Waals surface area contributed by atoms with Crippen molar-refractivity contribution in [2.75, 3.05) is 13.1 Å². The Morgan fingerprint density at radius 1 is 1.50 bits per heavy atom. The van der Waals surface area contributed by atoms with E-state index in [2.05, 4.69) is 13.0 Å². The lowest BCUT2D eigenvalue weighted by Crippen LogP contribution is -2.42. The molecule has 4 nitrogen and oxygen atoms in total. The lowest BCUT2D eigenvalue weighted by Gasteiger charge is -2.30. The molecule has 0 aromatic carbocycles. The molecule has 3 rings (SSSR count). The van der Waals surface area contributed by atoms with Gasteiger partial charge in [-0.2, -0.15) is 0 Å². The van der Waals surface area contributed by atoms with Crippen LogP contribution in [0.3, 0.4) is 0 Å². The average Bonchev–Trinajstić information content (AvgIpc) is 2.99. The number of furan rings is 1. The maximum atomic E-state index is 12.1. The predicted molar refractivity (Wildman–Crippen MR) is 75.4 cm³/mol. The van der Waals surface area contributed by atoms with E-state index >= 15 is 0 Å². The normalized spacial score (nSPS) is 29.5. The molecule has 20 heavy (non-hydrogen) atoms. The highest BCUT2D eigenvalue weighted by atomic mass is 16.3. The zero-order valence-electron chi connectivity index (χ0n) is 12.0. The Morgan fingerprint density at radius 2 is 2.30 bits per heavy atom. The van der Waals surface area contributed by atoms with Crippen LogP contribution in [0.25, 0.3) is 0 Å². The minimum absolute atomic E-state index is 0.126. The van der Waals surface area contributed by atoms with Crippen LogP contribution in [0.4, 0.5) is 0 Å².